The van der Waals surface area contributed by atoms with Crippen LogP contribution in [0.1, 0.15) is 74.6 Å². The highest BCUT2D eigenvalue weighted by Gasteiger charge is 2.24. The number of aromatic carboxylic acids is 1. The zero-order valence-electron chi connectivity index (χ0n) is 14.0. The summed E-state index contributed by atoms with van der Waals surface area (Å²) in [6.07, 6.45) is 15.4. The summed E-state index contributed by atoms with van der Waals surface area (Å²) < 4.78 is 0. The molecule has 2 saturated carbocycles. The number of aromatic hydroxyl groups is 1. The average Bonchev–Trinajstić information content (AvgIpc) is 2.57. The Kier molecular flexibility index (Phi) is 8.70. The molecule has 0 saturated heterocycles. The number of carboxylic acid groups (broad SMARTS) is 1. The Balaban J connectivity index is 0.000000224. The summed E-state index contributed by atoms with van der Waals surface area (Å²) in [5.41, 5.74) is -0.0671. The maximum absolute atomic E-state index is 10.3. The summed E-state index contributed by atoms with van der Waals surface area (Å²) >= 11 is 0. The van der Waals surface area contributed by atoms with Gasteiger partial charge in [0.2, 0.25) is 0 Å². The van der Waals surface area contributed by atoms with Gasteiger partial charge in [-0.05, 0) is 24.0 Å². The standard InChI is InChI=1S/C12H22.C7H6O3.H3N/c1-3-7-11(8-4-1)12-9-5-2-6-10-12;8-6-4-2-1-3-5(6)7(9)10;/h11-12H,1-10H2;1-4,8H,(H,9,10);1H3. The maximum atomic E-state index is 10.3. The Hall–Kier alpha value is -1.55. The second-order valence-corrected chi connectivity index (χ2v) is 6.62. The quantitative estimate of drug-likeness (QED) is 0.680. The van der Waals surface area contributed by atoms with Crippen molar-refractivity contribution < 1.29 is 15.0 Å². The zero-order chi connectivity index (χ0) is 15.8. The molecule has 23 heavy (non-hydrogen) atoms. The van der Waals surface area contributed by atoms with Crippen molar-refractivity contribution in [3.63, 3.8) is 0 Å². The van der Waals surface area contributed by atoms with Crippen molar-refractivity contribution >= 4 is 5.97 Å². The van der Waals surface area contributed by atoms with E-state index in [0.717, 1.165) is 11.8 Å². The summed E-state index contributed by atoms with van der Waals surface area (Å²) in [4.78, 5) is 10.3. The van der Waals surface area contributed by atoms with Gasteiger partial charge in [-0.2, -0.15) is 0 Å². The molecule has 1 aromatic carbocycles. The molecule has 2 fully saturated rings. The Morgan fingerprint density at radius 2 is 1.26 bits per heavy atom. The summed E-state index contributed by atoms with van der Waals surface area (Å²) in [5, 5.41) is 17.3. The minimum absolute atomic E-state index is 0. The third-order valence-electron chi connectivity index (χ3n) is 5.10. The van der Waals surface area contributed by atoms with Crippen molar-refractivity contribution in [2.45, 2.75) is 64.2 Å². The number of para-hydroxylation sites is 1. The van der Waals surface area contributed by atoms with Crippen LogP contribution >= 0.6 is 0 Å². The largest absolute Gasteiger partial charge is 0.507 e. The minimum atomic E-state index is -1.11. The number of hydrogen-bond acceptors (Lipinski definition) is 3. The molecule has 130 valence electrons. The molecular weight excluding hydrogens is 290 g/mol. The number of carbonyl (C=O) groups is 1. The van der Waals surface area contributed by atoms with Crippen molar-refractivity contribution in [3.05, 3.63) is 29.8 Å². The molecule has 0 aliphatic heterocycles. The van der Waals surface area contributed by atoms with Crippen LogP contribution in [-0.4, -0.2) is 16.2 Å². The van der Waals surface area contributed by atoms with Gasteiger partial charge in [-0.3, -0.25) is 0 Å². The molecule has 0 bridgehead atoms. The van der Waals surface area contributed by atoms with E-state index in [0.29, 0.717) is 0 Å². The van der Waals surface area contributed by atoms with E-state index in [4.69, 9.17) is 10.2 Å². The van der Waals surface area contributed by atoms with E-state index in [1.807, 2.05) is 0 Å². The molecule has 0 atom stereocenters. The van der Waals surface area contributed by atoms with Crippen LogP contribution < -0.4 is 6.15 Å². The minimum Gasteiger partial charge on any atom is -0.507 e. The number of phenols is 1. The fourth-order valence-electron chi connectivity index (χ4n) is 3.87. The molecule has 0 radical (unpaired) electrons. The third kappa shape index (κ3) is 6.22. The van der Waals surface area contributed by atoms with E-state index in [-0.39, 0.29) is 17.5 Å². The van der Waals surface area contributed by atoms with Gasteiger partial charge < -0.3 is 16.4 Å². The first-order valence-electron chi connectivity index (χ1n) is 8.70. The van der Waals surface area contributed by atoms with E-state index in [2.05, 4.69) is 0 Å². The van der Waals surface area contributed by atoms with Crippen molar-refractivity contribution in [1.29, 1.82) is 0 Å². The predicted molar refractivity (Wildman–Crippen MR) is 93.2 cm³/mol. The van der Waals surface area contributed by atoms with Gasteiger partial charge in [0.15, 0.2) is 0 Å². The molecule has 0 spiro atoms. The Morgan fingerprint density at radius 1 is 0.826 bits per heavy atom. The van der Waals surface area contributed by atoms with E-state index < -0.39 is 5.97 Å². The second-order valence-electron chi connectivity index (χ2n) is 6.62. The van der Waals surface area contributed by atoms with E-state index in [1.54, 1.807) is 37.8 Å². The molecule has 0 heterocycles. The molecule has 2 aliphatic carbocycles. The lowest BCUT2D eigenvalue weighted by Crippen LogP contribution is -2.20. The van der Waals surface area contributed by atoms with Gasteiger partial charge >= 0.3 is 5.97 Å². The molecule has 4 nitrogen and oxygen atoms in total. The molecule has 0 aromatic heterocycles. The SMILES string of the molecule is C1CCC(C2CCCCC2)CC1.N.O=C(O)c1ccccc1O. The monoisotopic (exact) mass is 321 g/mol. The van der Waals surface area contributed by atoms with E-state index in [9.17, 15) is 4.79 Å². The number of rotatable bonds is 2. The van der Waals surface area contributed by atoms with Crippen LogP contribution in [0.2, 0.25) is 0 Å². The summed E-state index contributed by atoms with van der Waals surface area (Å²) in [5.74, 6) is 0.964. The highest BCUT2D eigenvalue weighted by atomic mass is 16.4. The van der Waals surface area contributed by atoms with Gasteiger partial charge in [0.05, 0.1) is 0 Å². The number of hydrogen-bond donors (Lipinski definition) is 3. The predicted octanol–water partition coefficient (Wildman–Crippen LogP) is 5.40. The van der Waals surface area contributed by atoms with Crippen LogP contribution in [0.5, 0.6) is 5.75 Å². The Bertz CT molecular complexity index is 447. The van der Waals surface area contributed by atoms with Gasteiger partial charge in [0, 0.05) is 0 Å². The van der Waals surface area contributed by atoms with Crippen LogP contribution in [0.25, 0.3) is 0 Å². The normalized spacial score (nSPS) is 19.1. The molecule has 0 unspecified atom stereocenters. The van der Waals surface area contributed by atoms with Gasteiger partial charge in [-0.1, -0.05) is 76.3 Å². The fraction of sp³-hybridized carbons (Fsp3) is 0.632. The Morgan fingerprint density at radius 3 is 1.61 bits per heavy atom. The first kappa shape index (κ1) is 19.5. The summed E-state index contributed by atoms with van der Waals surface area (Å²) in [7, 11) is 0. The van der Waals surface area contributed by atoms with E-state index in [1.165, 1.54) is 50.7 Å². The van der Waals surface area contributed by atoms with Gasteiger partial charge in [0.1, 0.15) is 11.3 Å². The first-order valence-corrected chi connectivity index (χ1v) is 8.70. The lowest BCUT2D eigenvalue weighted by Gasteiger charge is -2.32. The van der Waals surface area contributed by atoms with Gasteiger partial charge in [-0.15, -0.1) is 0 Å². The second kappa shape index (κ2) is 10.3. The third-order valence-corrected chi connectivity index (χ3v) is 5.10. The van der Waals surface area contributed by atoms with Crippen LogP contribution in [0.15, 0.2) is 24.3 Å². The highest BCUT2D eigenvalue weighted by Crippen LogP contribution is 2.37. The summed E-state index contributed by atoms with van der Waals surface area (Å²) in [6.45, 7) is 0. The molecular formula is C19H31NO3. The fourth-order valence-corrected chi connectivity index (χ4v) is 3.87. The van der Waals surface area contributed by atoms with Crippen molar-refractivity contribution in [2.24, 2.45) is 11.8 Å². The molecule has 2 aliphatic rings. The smallest absolute Gasteiger partial charge is 0.339 e. The molecule has 5 N–H and O–H groups in total. The highest BCUT2D eigenvalue weighted by molar-refractivity contribution is 5.90. The first-order chi connectivity index (χ1) is 10.7. The topological polar surface area (TPSA) is 92.5 Å². The van der Waals surface area contributed by atoms with Crippen molar-refractivity contribution in [2.75, 3.05) is 0 Å². The number of benzene rings is 1. The lowest BCUT2D eigenvalue weighted by atomic mass is 9.73. The number of carboxylic acids is 1. The molecule has 0 amide bonds. The average molecular weight is 321 g/mol. The van der Waals surface area contributed by atoms with E-state index >= 15 is 0 Å². The van der Waals surface area contributed by atoms with Crippen LogP contribution in [0.4, 0.5) is 0 Å². The maximum Gasteiger partial charge on any atom is 0.339 e. The van der Waals surface area contributed by atoms with Crippen molar-refractivity contribution in [1.82, 2.24) is 6.15 Å². The molecule has 1 aromatic rings. The molecule has 3 rings (SSSR count). The zero-order valence-corrected chi connectivity index (χ0v) is 14.0. The van der Waals surface area contributed by atoms with Crippen molar-refractivity contribution in [3.8, 4) is 5.75 Å². The summed E-state index contributed by atoms with van der Waals surface area (Å²) in [6, 6.07) is 5.81. The molecule has 4 heteroatoms. The van der Waals surface area contributed by atoms with Crippen LogP contribution in [0.3, 0.4) is 0 Å². The van der Waals surface area contributed by atoms with Gasteiger partial charge in [0.25, 0.3) is 0 Å². The lowest BCUT2D eigenvalue weighted by molar-refractivity contribution is 0.0693. The van der Waals surface area contributed by atoms with Crippen LogP contribution in [-0.2, 0) is 0 Å². The Labute approximate surface area is 139 Å². The van der Waals surface area contributed by atoms with Gasteiger partial charge in [-0.25, -0.2) is 4.79 Å². The van der Waals surface area contributed by atoms with Crippen LogP contribution in [0, 0.1) is 11.8 Å².